The van der Waals surface area contributed by atoms with Crippen LogP contribution < -0.4 is 29.6 Å². The number of fused-ring (bicyclic) bond motifs is 1. The Balaban J connectivity index is 1.42. The van der Waals surface area contributed by atoms with Crippen molar-refractivity contribution < 1.29 is 23.7 Å². The van der Waals surface area contributed by atoms with E-state index in [1.807, 2.05) is 41.3 Å². The molecule has 2 N–H and O–H groups in total. The molecule has 9 nitrogen and oxygen atoms in total. The zero-order valence-corrected chi connectivity index (χ0v) is 21.5. The van der Waals surface area contributed by atoms with Gasteiger partial charge < -0.3 is 34.5 Å². The summed E-state index contributed by atoms with van der Waals surface area (Å²) in [5.74, 6) is 3.42. The van der Waals surface area contributed by atoms with Gasteiger partial charge in [0.2, 0.25) is 0 Å². The lowest BCUT2D eigenvalue weighted by Gasteiger charge is -2.35. The number of nitrogen functional groups attached to an aromatic ring is 1. The summed E-state index contributed by atoms with van der Waals surface area (Å²) in [6.07, 6.45) is 0. The van der Waals surface area contributed by atoms with Crippen LogP contribution in [0, 0.1) is 0 Å². The van der Waals surface area contributed by atoms with E-state index in [0.29, 0.717) is 54.9 Å². The molecule has 1 aromatic heterocycles. The predicted octanol–water partition coefficient (Wildman–Crippen LogP) is 3.69. The average molecular weight is 495 g/mol. The minimum absolute atomic E-state index is 0.0388. The van der Waals surface area contributed by atoms with Crippen LogP contribution in [-0.2, 0) is 4.79 Å². The van der Waals surface area contributed by atoms with Crippen LogP contribution in [0.1, 0.15) is 25.3 Å². The SMILES string of the molecule is COc1cc2nc(N3CCN(C(=O)COc4c(OC)cccc4C(C)C)CC3)cc(N)c2cc1OC. The third-order valence-electron chi connectivity index (χ3n) is 6.48. The largest absolute Gasteiger partial charge is 0.493 e. The van der Waals surface area contributed by atoms with Crippen molar-refractivity contribution in [1.82, 2.24) is 9.88 Å². The highest BCUT2D eigenvalue weighted by atomic mass is 16.5. The van der Waals surface area contributed by atoms with Crippen LogP contribution >= 0.6 is 0 Å². The number of anilines is 2. The van der Waals surface area contributed by atoms with Gasteiger partial charge in [0.05, 0.1) is 26.8 Å². The topological polar surface area (TPSA) is 99.4 Å². The zero-order valence-electron chi connectivity index (χ0n) is 21.5. The molecule has 1 aliphatic heterocycles. The lowest BCUT2D eigenvalue weighted by Crippen LogP contribution is -2.50. The van der Waals surface area contributed by atoms with Gasteiger partial charge in [-0.05, 0) is 18.1 Å². The molecule has 4 rings (SSSR count). The van der Waals surface area contributed by atoms with Crippen molar-refractivity contribution in [2.24, 2.45) is 0 Å². The fraction of sp³-hybridized carbons (Fsp3) is 0.407. The summed E-state index contributed by atoms with van der Waals surface area (Å²) in [4.78, 5) is 21.7. The number of hydrogen-bond acceptors (Lipinski definition) is 8. The third kappa shape index (κ3) is 5.05. The van der Waals surface area contributed by atoms with Crippen molar-refractivity contribution in [2.75, 3.05) is 64.7 Å². The summed E-state index contributed by atoms with van der Waals surface area (Å²) >= 11 is 0. The molecule has 0 unspecified atom stereocenters. The summed E-state index contributed by atoms with van der Waals surface area (Å²) in [7, 11) is 4.79. The number of ether oxygens (including phenoxy) is 4. The summed E-state index contributed by atoms with van der Waals surface area (Å²) < 4.78 is 22.2. The molecule has 0 spiro atoms. The van der Waals surface area contributed by atoms with E-state index >= 15 is 0 Å². The van der Waals surface area contributed by atoms with Crippen LogP contribution in [0.15, 0.2) is 36.4 Å². The first-order chi connectivity index (χ1) is 17.4. The molecule has 0 saturated carbocycles. The van der Waals surface area contributed by atoms with E-state index < -0.39 is 0 Å². The first-order valence-electron chi connectivity index (χ1n) is 12.0. The molecule has 1 amide bonds. The van der Waals surface area contributed by atoms with Gasteiger partial charge in [0.15, 0.2) is 29.6 Å². The maximum Gasteiger partial charge on any atom is 0.260 e. The normalized spacial score (nSPS) is 13.7. The number of hydrogen-bond donors (Lipinski definition) is 1. The van der Waals surface area contributed by atoms with Gasteiger partial charge in [0.1, 0.15) is 5.82 Å². The quantitative estimate of drug-likeness (QED) is 0.506. The second kappa shape index (κ2) is 10.8. The Kier molecular flexibility index (Phi) is 7.57. The highest BCUT2D eigenvalue weighted by molar-refractivity contribution is 5.94. The van der Waals surface area contributed by atoms with Crippen LogP contribution in [0.4, 0.5) is 11.5 Å². The summed E-state index contributed by atoms with van der Waals surface area (Å²) in [5.41, 5.74) is 8.71. The third-order valence-corrected chi connectivity index (χ3v) is 6.48. The summed E-state index contributed by atoms with van der Waals surface area (Å²) in [5, 5.41) is 0.805. The highest BCUT2D eigenvalue weighted by Crippen LogP contribution is 2.36. The number of piperazine rings is 1. The first kappa shape index (κ1) is 25.2. The van der Waals surface area contributed by atoms with Crippen LogP contribution in [0.25, 0.3) is 10.9 Å². The van der Waals surface area contributed by atoms with Gasteiger partial charge >= 0.3 is 0 Å². The number of nitrogens with zero attached hydrogens (tertiary/aromatic N) is 3. The summed E-state index contributed by atoms with van der Waals surface area (Å²) in [6.45, 7) is 6.55. The van der Waals surface area contributed by atoms with Gasteiger partial charge in [0.25, 0.3) is 5.91 Å². The number of methoxy groups -OCH3 is 3. The maximum absolute atomic E-state index is 12.9. The molecule has 0 bridgehead atoms. The maximum atomic E-state index is 12.9. The molecule has 1 aliphatic rings. The number of aromatic nitrogens is 1. The fourth-order valence-electron chi connectivity index (χ4n) is 4.44. The van der Waals surface area contributed by atoms with Crippen molar-refractivity contribution in [3.8, 4) is 23.0 Å². The molecule has 192 valence electrons. The molecule has 2 heterocycles. The first-order valence-corrected chi connectivity index (χ1v) is 12.0. The molecule has 36 heavy (non-hydrogen) atoms. The highest BCUT2D eigenvalue weighted by Gasteiger charge is 2.24. The van der Waals surface area contributed by atoms with Crippen molar-refractivity contribution >= 4 is 28.3 Å². The number of carbonyl (C=O) groups is 1. The van der Waals surface area contributed by atoms with Gasteiger partial charge in [0, 0.05) is 54.9 Å². The van der Waals surface area contributed by atoms with Gasteiger partial charge in [-0.15, -0.1) is 0 Å². The number of rotatable bonds is 8. The van der Waals surface area contributed by atoms with Crippen molar-refractivity contribution in [2.45, 2.75) is 19.8 Å². The molecular weight excluding hydrogens is 460 g/mol. The molecule has 1 fully saturated rings. The van der Waals surface area contributed by atoms with Gasteiger partial charge in [-0.1, -0.05) is 26.0 Å². The number of para-hydroxylation sites is 1. The predicted molar refractivity (Wildman–Crippen MR) is 141 cm³/mol. The van der Waals surface area contributed by atoms with Crippen molar-refractivity contribution in [3.05, 3.63) is 42.0 Å². The van der Waals surface area contributed by atoms with Crippen LogP contribution in [-0.4, -0.2) is 69.9 Å². The molecule has 2 aromatic carbocycles. The number of benzene rings is 2. The summed E-state index contributed by atoms with van der Waals surface area (Å²) in [6, 6.07) is 11.3. The Labute approximate surface area is 211 Å². The standard InChI is InChI=1S/C27H34N4O5/c1-17(2)18-7-6-8-22(33-3)27(18)36-16-26(32)31-11-9-30(10-12-31)25-14-20(28)19-13-23(34-4)24(35-5)15-21(19)29-25/h6-8,13-15,17H,9-12,16H2,1-5H3,(H2,28,29). The monoisotopic (exact) mass is 494 g/mol. The van der Waals surface area contributed by atoms with E-state index in [-0.39, 0.29) is 18.4 Å². The Morgan fingerprint density at radius 2 is 1.64 bits per heavy atom. The minimum Gasteiger partial charge on any atom is -0.493 e. The Morgan fingerprint density at radius 1 is 0.972 bits per heavy atom. The fourth-order valence-corrected chi connectivity index (χ4v) is 4.44. The average Bonchev–Trinajstić information content (AvgIpc) is 2.90. The molecule has 1 saturated heterocycles. The van der Waals surface area contributed by atoms with E-state index in [4.69, 9.17) is 29.7 Å². The van der Waals surface area contributed by atoms with Crippen LogP contribution in [0.3, 0.4) is 0 Å². The molecule has 3 aromatic rings. The number of pyridine rings is 1. The second-order valence-electron chi connectivity index (χ2n) is 8.98. The number of carbonyl (C=O) groups excluding carboxylic acids is 1. The van der Waals surface area contributed by atoms with Gasteiger partial charge in [-0.3, -0.25) is 4.79 Å². The number of amides is 1. The van der Waals surface area contributed by atoms with Crippen molar-refractivity contribution in [1.29, 1.82) is 0 Å². The van der Waals surface area contributed by atoms with Gasteiger partial charge in [-0.25, -0.2) is 4.98 Å². The van der Waals surface area contributed by atoms with Crippen LogP contribution in [0.5, 0.6) is 23.0 Å². The smallest absolute Gasteiger partial charge is 0.260 e. The Morgan fingerprint density at radius 3 is 2.28 bits per heavy atom. The van der Waals surface area contributed by atoms with E-state index in [0.717, 1.165) is 22.3 Å². The van der Waals surface area contributed by atoms with E-state index in [1.165, 1.54) is 0 Å². The Hall–Kier alpha value is -3.88. The molecule has 0 aliphatic carbocycles. The van der Waals surface area contributed by atoms with Crippen molar-refractivity contribution in [3.63, 3.8) is 0 Å². The Bertz CT molecular complexity index is 1240. The lowest BCUT2D eigenvalue weighted by molar-refractivity contribution is -0.133. The van der Waals surface area contributed by atoms with Gasteiger partial charge in [-0.2, -0.15) is 0 Å². The lowest BCUT2D eigenvalue weighted by atomic mass is 10.0. The minimum atomic E-state index is -0.0573. The van der Waals surface area contributed by atoms with E-state index in [2.05, 4.69) is 18.7 Å². The molecular formula is C27H34N4O5. The molecule has 9 heteroatoms. The molecule has 0 atom stereocenters. The second-order valence-corrected chi connectivity index (χ2v) is 8.98. The van der Waals surface area contributed by atoms with Crippen LogP contribution in [0.2, 0.25) is 0 Å². The zero-order chi connectivity index (χ0) is 25.8. The van der Waals surface area contributed by atoms with E-state index in [9.17, 15) is 4.79 Å². The molecule has 0 radical (unpaired) electrons. The number of nitrogens with two attached hydrogens (primary N) is 1. The van der Waals surface area contributed by atoms with E-state index in [1.54, 1.807) is 21.3 Å².